The Morgan fingerprint density at radius 2 is 2.11 bits per heavy atom. The van der Waals surface area contributed by atoms with Gasteiger partial charge in [0.15, 0.2) is 0 Å². The number of rotatable bonds is 8. The first-order chi connectivity index (χ1) is 8.47. The fourth-order valence-electron chi connectivity index (χ4n) is 1.71. The summed E-state index contributed by atoms with van der Waals surface area (Å²) in [6.07, 6.45) is 5.31. The highest BCUT2D eigenvalue weighted by molar-refractivity contribution is 8.77. The average molecular weight is 292 g/mol. The maximum Gasteiger partial charge on any atom is 0.305 e. The number of esters is 1. The maximum atomic E-state index is 11.5. The smallest absolute Gasteiger partial charge is 0.305 e. The quantitative estimate of drug-likeness (QED) is 0.297. The Hall–Kier alpha value is 0.130. The van der Waals surface area contributed by atoms with Crippen LogP contribution in [0.3, 0.4) is 0 Å². The van der Waals surface area contributed by atoms with E-state index in [1.807, 2.05) is 21.6 Å². The van der Waals surface area contributed by atoms with Gasteiger partial charge in [0.2, 0.25) is 0 Å². The predicted octanol–water partition coefficient (Wildman–Crippen LogP) is 2.95. The third-order valence-electron chi connectivity index (χ3n) is 2.91. The molecule has 3 nitrogen and oxygen atoms in total. The van der Waals surface area contributed by atoms with Crippen molar-refractivity contribution in [1.29, 1.82) is 0 Å². The van der Waals surface area contributed by atoms with Crippen LogP contribution in [0.15, 0.2) is 0 Å². The summed E-state index contributed by atoms with van der Waals surface area (Å²) >= 11 is 0. The molecule has 0 aliphatic carbocycles. The van der Waals surface area contributed by atoms with E-state index in [9.17, 15) is 4.79 Å². The Morgan fingerprint density at radius 1 is 1.33 bits per heavy atom. The second kappa shape index (κ2) is 8.33. The van der Waals surface area contributed by atoms with Gasteiger partial charge in [-0.1, -0.05) is 28.0 Å². The van der Waals surface area contributed by atoms with Crippen molar-refractivity contribution in [2.45, 2.75) is 37.4 Å². The van der Waals surface area contributed by atoms with Gasteiger partial charge < -0.3 is 9.22 Å². The zero-order valence-corrected chi connectivity index (χ0v) is 13.4. The molecule has 106 valence electrons. The Balaban J connectivity index is 1.93. The third-order valence-corrected chi connectivity index (χ3v) is 5.92. The first-order valence-electron chi connectivity index (χ1n) is 6.72. The van der Waals surface area contributed by atoms with Crippen LogP contribution in [0.25, 0.3) is 0 Å². The number of nitrogens with zero attached hydrogens (tertiary/aromatic N) is 1. The van der Waals surface area contributed by atoms with Crippen LogP contribution in [0.5, 0.6) is 0 Å². The third kappa shape index (κ3) is 8.27. The summed E-state index contributed by atoms with van der Waals surface area (Å²) in [7, 11) is 10.3. The van der Waals surface area contributed by atoms with Crippen molar-refractivity contribution in [3.63, 3.8) is 0 Å². The summed E-state index contributed by atoms with van der Waals surface area (Å²) in [6, 6.07) is 0. The van der Waals surface area contributed by atoms with Gasteiger partial charge in [-0.15, -0.1) is 0 Å². The van der Waals surface area contributed by atoms with Crippen LogP contribution in [-0.2, 0) is 9.53 Å². The van der Waals surface area contributed by atoms with E-state index in [1.165, 1.54) is 18.6 Å². The molecule has 0 saturated carbocycles. The highest BCUT2D eigenvalue weighted by atomic mass is 33.1. The topological polar surface area (TPSA) is 26.3 Å². The van der Waals surface area contributed by atoms with Gasteiger partial charge in [0.1, 0.15) is 13.2 Å². The minimum atomic E-state index is -0.0306. The molecular formula is C13H26NO2S2+. The first-order valence-corrected chi connectivity index (χ1v) is 9.10. The van der Waals surface area contributed by atoms with Crippen LogP contribution in [-0.4, -0.2) is 55.7 Å². The standard InChI is InChI=1S/C13H26NO2S2/c1-14(2,3)9-10-16-13(15)7-5-4-6-12-8-11-17-18-12/h12H,4-11H2,1-3H3/q+1/t12-/m0/s1. The van der Waals surface area contributed by atoms with Crippen molar-refractivity contribution < 1.29 is 14.0 Å². The number of carbonyl (C=O) groups is 1. The molecule has 0 spiro atoms. The van der Waals surface area contributed by atoms with Crippen molar-refractivity contribution in [3.05, 3.63) is 0 Å². The zero-order valence-electron chi connectivity index (χ0n) is 11.8. The van der Waals surface area contributed by atoms with E-state index in [4.69, 9.17) is 4.74 Å². The molecule has 5 heteroatoms. The molecule has 0 bridgehead atoms. The van der Waals surface area contributed by atoms with Gasteiger partial charge in [0, 0.05) is 17.4 Å². The molecule has 0 aromatic rings. The van der Waals surface area contributed by atoms with E-state index < -0.39 is 0 Å². The van der Waals surface area contributed by atoms with E-state index >= 15 is 0 Å². The number of likely N-dealkylation sites (N-methyl/N-ethyl adjacent to an activating group) is 1. The lowest BCUT2D eigenvalue weighted by atomic mass is 10.1. The van der Waals surface area contributed by atoms with Crippen LogP contribution in [0, 0.1) is 0 Å². The minimum absolute atomic E-state index is 0.0306. The molecule has 1 saturated heterocycles. The summed E-state index contributed by atoms with van der Waals surface area (Å²) in [5.74, 6) is 1.26. The predicted molar refractivity (Wildman–Crippen MR) is 80.8 cm³/mol. The van der Waals surface area contributed by atoms with Gasteiger partial charge in [0.25, 0.3) is 0 Å². The van der Waals surface area contributed by atoms with E-state index in [0.29, 0.717) is 13.0 Å². The van der Waals surface area contributed by atoms with Crippen LogP contribution >= 0.6 is 21.6 Å². The highest BCUT2D eigenvalue weighted by Gasteiger charge is 2.16. The molecule has 1 aliphatic rings. The van der Waals surface area contributed by atoms with E-state index in [2.05, 4.69) is 21.1 Å². The first kappa shape index (κ1) is 16.2. The fourth-order valence-corrected chi connectivity index (χ4v) is 4.74. The number of ether oxygens (including phenoxy) is 1. The van der Waals surface area contributed by atoms with Gasteiger partial charge in [-0.3, -0.25) is 4.79 Å². The number of hydrogen-bond donors (Lipinski definition) is 0. The van der Waals surface area contributed by atoms with Gasteiger partial charge in [-0.2, -0.15) is 0 Å². The summed E-state index contributed by atoms with van der Waals surface area (Å²) in [4.78, 5) is 11.5. The lowest BCUT2D eigenvalue weighted by molar-refractivity contribution is -0.870. The summed E-state index contributed by atoms with van der Waals surface area (Å²) < 4.78 is 6.06. The SMILES string of the molecule is C[N+](C)(C)CCOC(=O)CCCC[C@H]1CCSS1. The van der Waals surface area contributed by atoms with Crippen LogP contribution in [0.4, 0.5) is 0 Å². The Labute approximate surface area is 119 Å². The van der Waals surface area contributed by atoms with Crippen LogP contribution < -0.4 is 0 Å². The fraction of sp³-hybridized carbons (Fsp3) is 0.923. The summed E-state index contributed by atoms with van der Waals surface area (Å²) in [5.41, 5.74) is 0. The number of carbonyl (C=O) groups excluding carboxylic acids is 1. The van der Waals surface area contributed by atoms with E-state index in [-0.39, 0.29) is 5.97 Å². The number of unbranched alkanes of at least 4 members (excludes halogenated alkanes) is 1. The molecule has 0 radical (unpaired) electrons. The van der Waals surface area contributed by atoms with E-state index in [1.54, 1.807) is 0 Å². The largest absolute Gasteiger partial charge is 0.460 e. The zero-order chi connectivity index (χ0) is 13.4. The van der Waals surface area contributed by atoms with Gasteiger partial charge in [-0.05, 0) is 19.3 Å². The number of quaternary nitrogens is 1. The lowest BCUT2D eigenvalue weighted by Gasteiger charge is -2.23. The molecule has 0 amide bonds. The highest BCUT2D eigenvalue weighted by Crippen LogP contribution is 2.39. The van der Waals surface area contributed by atoms with Gasteiger partial charge in [0.05, 0.1) is 21.1 Å². The monoisotopic (exact) mass is 292 g/mol. The minimum Gasteiger partial charge on any atom is -0.460 e. The molecular weight excluding hydrogens is 266 g/mol. The summed E-state index contributed by atoms with van der Waals surface area (Å²) in [5, 5.41) is 0.823. The Bertz CT molecular complexity index is 248. The molecule has 1 heterocycles. The molecule has 1 fully saturated rings. The van der Waals surface area contributed by atoms with Crippen molar-refractivity contribution in [1.82, 2.24) is 0 Å². The van der Waals surface area contributed by atoms with Crippen LogP contribution in [0.1, 0.15) is 32.1 Å². The maximum absolute atomic E-state index is 11.5. The Kier molecular flexibility index (Phi) is 7.49. The molecule has 0 N–H and O–H groups in total. The normalized spacial score (nSPS) is 20.1. The van der Waals surface area contributed by atoms with Crippen molar-refractivity contribution in [2.24, 2.45) is 0 Å². The molecule has 0 aromatic heterocycles. The van der Waals surface area contributed by atoms with Crippen molar-refractivity contribution in [2.75, 3.05) is 40.0 Å². The Morgan fingerprint density at radius 3 is 2.72 bits per heavy atom. The van der Waals surface area contributed by atoms with Gasteiger partial charge in [-0.25, -0.2) is 0 Å². The summed E-state index contributed by atoms with van der Waals surface area (Å²) in [6.45, 7) is 1.42. The van der Waals surface area contributed by atoms with Crippen molar-refractivity contribution >= 4 is 27.6 Å². The molecule has 0 unspecified atom stereocenters. The molecule has 1 aliphatic heterocycles. The van der Waals surface area contributed by atoms with Crippen molar-refractivity contribution in [3.8, 4) is 0 Å². The number of hydrogen-bond acceptors (Lipinski definition) is 4. The molecule has 18 heavy (non-hydrogen) atoms. The second-order valence-corrected chi connectivity index (χ2v) is 8.60. The lowest BCUT2D eigenvalue weighted by Crippen LogP contribution is -2.38. The van der Waals surface area contributed by atoms with Gasteiger partial charge >= 0.3 is 5.97 Å². The molecule has 0 aromatic carbocycles. The van der Waals surface area contributed by atoms with E-state index in [0.717, 1.165) is 29.1 Å². The molecule has 1 rings (SSSR count). The average Bonchev–Trinajstić information content (AvgIpc) is 2.75. The second-order valence-electron chi connectivity index (χ2n) is 5.81. The van der Waals surface area contributed by atoms with Crippen LogP contribution in [0.2, 0.25) is 0 Å². The molecule has 1 atom stereocenters.